The normalized spacial score (nSPS) is 18.0. The van der Waals surface area contributed by atoms with Crippen LogP contribution in [0.3, 0.4) is 0 Å². The molecule has 0 spiro atoms. The highest BCUT2D eigenvalue weighted by molar-refractivity contribution is 7.90. The molecule has 0 unspecified atom stereocenters. The van der Waals surface area contributed by atoms with Crippen molar-refractivity contribution in [3.63, 3.8) is 0 Å². The molecule has 2 amide bonds. The molecule has 1 N–H and O–H groups in total. The van der Waals surface area contributed by atoms with Crippen LogP contribution in [0, 0.1) is 0 Å². The summed E-state index contributed by atoms with van der Waals surface area (Å²) in [5, 5.41) is 7.44. The fourth-order valence-electron chi connectivity index (χ4n) is 3.57. The maximum absolute atomic E-state index is 12.6. The number of fused-ring (bicyclic) bond motifs is 1. The molecule has 1 aromatic carbocycles. The number of carbonyl (C=O) groups excluding carboxylic acids is 2. The summed E-state index contributed by atoms with van der Waals surface area (Å²) >= 11 is 6.06. The molecular weight excluding hydrogens is 404 g/mol. The molecule has 28 heavy (non-hydrogen) atoms. The lowest BCUT2D eigenvalue weighted by molar-refractivity contribution is -0.143. The first-order valence-corrected chi connectivity index (χ1v) is 11.2. The number of hydrogen-bond donors (Lipinski definition) is 1. The summed E-state index contributed by atoms with van der Waals surface area (Å²) in [4.78, 5) is 26.6. The number of rotatable bonds is 2. The molecule has 10 heteroatoms. The van der Waals surface area contributed by atoms with Crippen molar-refractivity contribution in [3.05, 3.63) is 40.5 Å². The maximum Gasteiger partial charge on any atom is 0.315 e. The summed E-state index contributed by atoms with van der Waals surface area (Å²) in [6, 6.07) is 6.82. The van der Waals surface area contributed by atoms with Gasteiger partial charge >= 0.3 is 11.8 Å². The van der Waals surface area contributed by atoms with Crippen LogP contribution in [0.2, 0.25) is 5.02 Å². The molecule has 2 aromatic rings. The highest BCUT2D eigenvalue weighted by atomic mass is 35.5. The van der Waals surface area contributed by atoms with E-state index in [1.807, 2.05) is 0 Å². The van der Waals surface area contributed by atoms with Gasteiger partial charge < -0.3 is 10.2 Å². The quantitative estimate of drug-likeness (QED) is 0.745. The highest BCUT2D eigenvalue weighted by Crippen LogP contribution is 2.33. The van der Waals surface area contributed by atoms with Crippen molar-refractivity contribution in [1.29, 1.82) is 0 Å². The zero-order chi connectivity index (χ0) is 19.9. The molecule has 0 bridgehead atoms. The highest BCUT2D eigenvalue weighted by Gasteiger charge is 2.34. The van der Waals surface area contributed by atoms with Crippen molar-refractivity contribution in [3.8, 4) is 5.69 Å². The van der Waals surface area contributed by atoms with Crippen LogP contribution in [-0.2, 0) is 30.9 Å². The van der Waals surface area contributed by atoms with Gasteiger partial charge in [-0.05, 0) is 37.5 Å². The van der Waals surface area contributed by atoms with Crippen LogP contribution in [0.5, 0.6) is 0 Å². The summed E-state index contributed by atoms with van der Waals surface area (Å²) in [5.74, 6) is -1.63. The molecule has 0 saturated carbocycles. The molecule has 3 heterocycles. The largest absolute Gasteiger partial charge is 0.334 e. The molecule has 0 radical (unpaired) electrons. The second-order valence-corrected chi connectivity index (χ2v) is 9.51. The second-order valence-electron chi connectivity index (χ2n) is 7.00. The standard InChI is InChI=1S/C18H19ClN4O4S/c19-12-5-4-6-13(9-12)23-16(14-10-28(26,27)11-15(14)21-23)20-17(24)18(25)22-7-2-1-3-8-22/h4-6,9H,1-3,7-8,10-11H2,(H,20,24). The van der Waals surface area contributed by atoms with Crippen molar-refractivity contribution in [2.75, 3.05) is 18.4 Å². The molecule has 148 valence electrons. The minimum Gasteiger partial charge on any atom is -0.334 e. The van der Waals surface area contributed by atoms with Gasteiger partial charge in [0.2, 0.25) is 0 Å². The number of likely N-dealkylation sites (tertiary alicyclic amines) is 1. The Kier molecular flexibility index (Phi) is 4.88. The monoisotopic (exact) mass is 422 g/mol. The van der Waals surface area contributed by atoms with Gasteiger partial charge in [0.05, 0.1) is 22.9 Å². The third kappa shape index (κ3) is 3.64. The van der Waals surface area contributed by atoms with Crippen molar-refractivity contribution in [2.24, 2.45) is 0 Å². The Hall–Kier alpha value is -2.39. The van der Waals surface area contributed by atoms with E-state index in [4.69, 9.17) is 11.6 Å². The van der Waals surface area contributed by atoms with Crippen molar-refractivity contribution in [1.82, 2.24) is 14.7 Å². The second kappa shape index (κ2) is 7.21. The minimum absolute atomic E-state index is 0.196. The first-order chi connectivity index (χ1) is 13.3. The number of aromatic nitrogens is 2. The molecule has 4 rings (SSSR count). The zero-order valence-electron chi connectivity index (χ0n) is 15.0. The van der Waals surface area contributed by atoms with Crippen molar-refractivity contribution in [2.45, 2.75) is 30.8 Å². The van der Waals surface area contributed by atoms with E-state index < -0.39 is 21.7 Å². The Bertz CT molecular complexity index is 1060. The van der Waals surface area contributed by atoms with Gasteiger partial charge in [0.15, 0.2) is 9.84 Å². The average Bonchev–Trinajstić information content (AvgIpc) is 3.14. The Morgan fingerprint density at radius 1 is 1.11 bits per heavy atom. The SMILES string of the molecule is O=C(Nc1c2c(nn1-c1cccc(Cl)c1)CS(=O)(=O)C2)C(=O)N1CCCCC1. The first kappa shape index (κ1) is 18.9. The number of sulfone groups is 1. The molecule has 1 aromatic heterocycles. The summed E-state index contributed by atoms with van der Waals surface area (Å²) in [5.41, 5.74) is 1.36. The Morgan fingerprint density at radius 2 is 1.86 bits per heavy atom. The van der Waals surface area contributed by atoms with Gasteiger partial charge in [-0.25, -0.2) is 13.1 Å². The first-order valence-electron chi connectivity index (χ1n) is 9.01. The van der Waals surface area contributed by atoms with Crippen LogP contribution in [0.1, 0.15) is 30.5 Å². The lowest BCUT2D eigenvalue weighted by atomic mass is 10.1. The predicted octanol–water partition coefficient (Wildman–Crippen LogP) is 1.91. The molecule has 1 fully saturated rings. The van der Waals surface area contributed by atoms with E-state index in [2.05, 4.69) is 10.4 Å². The van der Waals surface area contributed by atoms with Crippen molar-refractivity contribution < 1.29 is 18.0 Å². The minimum atomic E-state index is -3.32. The van der Waals surface area contributed by atoms with Gasteiger partial charge in [-0.15, -0.1) is 0 Å². The van der Waals surface area contributed by atoms with Gasteiger partial charge in [0, 0.05) is 23.7 Å². The van der Waals surface area contributed by atoms with E-state index in [1.54, 1.807) is 24.3 Å². The molecule has 1 saturated heterocycles. The summed E-state index contributed by atoms with van der Waals surface area (Å²) in [7, 11) is -3.32. The third-order valence-corrected chi connectivity index (χ3v) is 6.59. The molecule has 2 aliphatic rings. The Morgan fingerprint density at radius 3 is 2.57 bits per heavy atom. The number of anilines is 1. The van der Waals surface area contributed by atoms with Crippen LogP contribution >= 0.6 is 11.6 Å². The van der Waals surface area contributed by atoms with E-state index in [1.165, 1.54) is 9.58 Å². The zero-order valence-corrected chi connectivity index (χ0v) is 16.6. The van der Waals surface area contributed by atoms with Gasteiger partial charge in [0.25, 0.3) is 0 Å². The topological polar surface area (TPSA) is 101 Å². The average molecular weight is 423 g/mol. The van der Waals surface area contributed by atoms with Crippen molar-refractivity contribution >= 4 is 39.1 Å². The fraction of sp³-hybridized carbons (Fsp3) is 0.389. The van der Waals surface area contributed by atoms with Gasteiger partial charge in [-0.3, -0.25) is 9.59 Å². The number of benzene rings is 1. The smallest absolute Gasteiger partial charge is 0.315 e. The lowest BCUT2D eigenvalue weighted by Crippen LogP contribution is -2.42. The van der Waals surface area contributed by atoms with Crippen LogP contribution < -0.4 is 5.32 Å². The molecular formula is C18H19ClN4O4S. The maximum atomic E-state index is 12.6. The number of nitrogens with one attached hydrogen (secondary N) is 1. The summed E-state index contributed by atoms with van der Waals surface area (Å²) < 4.78 is 25.5. The predicted molar refractivity (Wildman–Crippen MR) is 104 cm³/mol. The van der Waals surface area contributed by atoms with E-state index >= 15 is 0 Å². The number of piperidine rings is 1. The van der Waals surface area contributed by atoms with E-state index in [-0.39, 0.29) is 17.3 Å². The molecule has 8 nitrogen and oxygen atoms in total. The van der Waals surface area contributed by atoms with Gasteiger partial charge in [0.1, 0.15) is 5.82 Å². The molecule has 0 atom stereocenters. The summed E-state index contributed by atoms with van der Waals surface area (Å²) in [6.45, 7) is 1.10. The summed E-state index contributed by atoms with van der Waals surface area (Å²) in [6.07, 6.45) is 2.78. The van der Waals surface area contributed by atoms with Gasteiger partial charge in [-0.2, -0.15) is 5.10 Å². The molecule has 2 aliphatic heterocycles. The van der Waals surface area contributed by atoms with E-state index in [9.17, 15) is 18.0 Å². The Labute approximate surface area is 167 Å². The van der Waals surface area contributed by atoms with Crippen LogP contribution in [0.4, 0.5) is 5.82 Å². The number of nitrogens with zero attached hydrogens (tertiary/aromatic N) is 3. The van der Waals surface area contributed by atoms with Gasteiger partial charge in [-0.1, -0.05) is 17.7 Å². The number of carbonyl (C=O) groups is 2. The lowest BCUT2D eigenvalue weighted by Gasteiger charge is -2.26. The van der Waals surface area contributed by atoms with E-state index in [0.717, 1.165) is 19.3 Å². The number of halogens is 1. The Balaban J connectivity index is 1.69. The third-order valence-electron chi connectivity index (χ3n) is 4.91. The molecule has 0 aliphatic carbocycles. The number of amides is 2. The fourth-order valence-corrected chi connectivity index (χ4v) is 5.25. The number of hydrogen-bond acceptors (Lipinski definition) is 5. The van der Waals surface area contributed by atoms with Crippen LogP contribution in [-0.4, -0.2) is 48.0 Å². The van der Waals surface area contributed by atoms with Crippen LogP contribution in [0.15, 0.2) is 24.3 Å². The van der Waals surface area contributed by atoms with Crippen LogP contribution in [0.25, 0.3) is 5.69 Å². The van der Waals surface area contributed by atoms with E-state index in [0.29, 0.717) is 35.1 Å².